The standard InChI is InChI=1S/C18H17NO5/c1-18(22,10-13-6-4-8-23-13)11-19-16(20)14-9-12-5-2-3-7-15(12)24-17(14)21/h2-9,22H,10-11H2,1H3,(H,19,20)/t18-/m0/s1. The molecule has 0 unspecified atom stereocenters. The van der Waals surface area contributed by atoms with Gasteiger partial charge in [-0.3, -0.25) is 4.79 Å². The van der Waals surface area contributed by atoms with Crippen molar-refractivity contribution in [2.75, 3.05) is 6.54 Å². The Labute approximate surface area is 137 Å². The summed E-state index contributed by atoms with van der Waals surface area (Å²) < 4.78 is 10.3. The van der Waals surface area contributed by atoms with Crippen molar-refractivity contribution in [3.63, 3.8) is 0 Å². The van der Waals surface area contributed by atoms with Crippen molar-refractivity contribution < 1.29 is 18.7 Å². The largest absolute Gasteiger partial charge is 0.469 e. The van der Waals surface area contributed by atoms with Gasteiger partial charge in [-0.05, 0) is 31.2 Å². The summed E-state index contributed by atoms with van der Waals surface area (Å²) >= 11 is 0. The lowest BCUT2D eigenvalue weighted by atomic mass is 10.0. The van der Waals surface area contributed by atoms with Gasteiger partial charge in [0, 0.05) is 18.4 Å². The van der Waals surface area contributed by atoms with E-state index in [2.05, 4.69) is 5.32 Å². The average Bonchev–Trinajstić information content (AvgIpc) is 3.04. The molecule has 3 rings (SSSR count). The molecule has 0 fully saturated rings. The van der Waals surface area contributed by atoms with Crippen LogP contribution in [0.4, 0.5) is 0 Å². The van der Waals surface area contributed by atoms with Crippen LogP contribution in [0, 0.1) is 0 Å². The van der Waals surface area contributed by atoms with Crippen LogP contribution in [0.15, 0.2) is 62.4 Å². The van der Waals surface area contributed by atoms with Crippen LogP contribution in [-0.2, 0) is 6.42 Å². The maximum atomic E-state index is 12.3. The zero-order chi connectivity index (χ0) is 17.2. The summed E-state index contributed by atoms with van der Waals surface area (Å²) in [6, 6.07) is 11.9. The summed E-state index contributed by atoms with van der Waals surface area (Å²) in [4.78, 5) is 24.2. The average molecular weight is 327 g/mol. The summed E-state index contributed by atoms with van der Waals surface area (Å²) in [6.07, 6.45) is 1.76. The van der Waals surface area contributed by atoms with E-state index in [-0.39, 0.29) is 18.5 Å². The molecule has 1 aromatic carbocycles. The second-order valence-corrected chi connectivity index (χ2v) is 5.92. The Balaban J connectivity index is 1.73. The summed E-state index contributed by atoms with van der Waals surface area (Å²) in [5, 5.41) is 13.6. The summed E-state index contributed by atoms with van der Waals surface area (Å²) in [6.45, 7) is 1.55. The number of hydrogen-bond donors (Lipinski definition) is 2. The summed E-state index contributed by atoms with van der Waals surface area (Å²) in [7, 11) is 0. The van der Waals surface area contributed by atoms with Gasteiger partial charge in [-0.25, -0.2) is 4.79 Å². The lowest BCUT2D eigenvalue weighted by molar-refractivity contribution is 0.0509. The van der Waals surface area contributed by atoms with Crippen LogP contribution in [0.3, 0.4) is 0 Å². The molecule has 6 nitrogen and oxygen atoms in total. The molecule has 1 atom stereocenters. The molecule has 6 heteroatoms. The highest BCUT2D eigenvalue weighted by Crippen LogP contribution is 2.14. The van der Waals surface area contributed by atoms with Gasteiger partial charge in [-0.15, -0.1) is 0 Å². The number of amides is 1. The Hall–Kier alpha value is -2.86. The number of hydrogen-bond acceptors (Lipinski definition) is 5. The Kier molecular flexibility index (Phi) is 4.22. The molecule has 124 valence electrons. The summed E-state index contributed by atoms with van der Waals surface area (Å²) in [5.41, 5.74) is -1.59. The highest BCUT2D eigenvalue weighted by molar-refractivity contribution is 5.96. The van der Waals surface area contributed by atoms with Crippen LogP contribution < -0.4 is 10.9 Å². The minimum absolute atomic E-state index is 0.0290. The van der Waals surface area contributed by atoms with E-state index in [9.17, 15) is 14.7 Å². The Morgan fingerprint density at radius 3 is 2.79 bits per heavy atom. The monoisotopic (exact) mass is 327 g/mol. The molecule has 24 heavy (non-hydrogen) atoms. The number of aliphatic hydroxyl groups is 1. The van der Waals surface area contributed by atoms with Crippen LogP contribution in [-0.4, -0.2) is 23.2 Å². The van der Waals surface area contributed by atoms with E-state index in [1.54, 1.807) is 43.3 Å². The van der Waals surface area contributed by atoms with E-state index in [0.29, 0.717) is 16.7 Å². The van der Waals surface area contributed by atoms with Crippen molar-refractivity contribution in [1.82, 2.24) is 5.32 Å². The number of furan rings is 1. The number of fused-ring (bicyclic) bond motifs is 1. The number of carbonyl (C=O) groups is 1. The number of para-hydroxylation sites is 1. The normalized spacial score (nSPS) is 13.6. The van der Waals surface area contributed by atoms with Crippen LogP contribution in [0.1, 0.15) is 23.0 Å². The molecular weight excluding hydrogens is 310 g/mol. The van der Waals surface area contributed by atoms with Crippen molar-refractivity contribution in [3.05, 3.63) is 70.5 Å². The second kappa shape index (κ2) is 6.33. The van der Waals surface area contributed by atoms with Gasteiger partial charge in [0.25, 0.3) is 5.91 Å². The van der Waals surface area contributed by atoms with Gasteiger partial charge in [0.05, 0.1) is 11.9 Å². The third kappa shape index (κ3) is 3.55. The molecule has 0 aliphatic rings. The van der Waals surface area contributed by atoms with E-state index >= 15 is 0 Å². The molecule has 3 aromatic rings. The third-order valence-corrected chi connectivity index (χ3v) is 3.65. The quantitative estimate of drug-likeness (QED) is 0.700. The predicted octanol–water partition coefficient (Wildman–Crippen LogP) is 2.11. The van der Waals surface area contributed by atoms with E-state index in [1.807, 2.05) is 0 Å². The van der Waals surface area contributed by atoms with Crippen LogP contribution in [0.25, 0.3) is 11.0 Å². The number of carbonyl (C=O) groups excluding carboxylic acids is 1. The zero-order valence-electron chi connectivity index (χ0n) is 13.1. The fraction of sp³-hybridized carbons (Fsp3) is 0.222. The smallest absolute Gasteiger partial charge is 0.349 e. The first-order valence-corrected chi connectivity index (χ1v) is 7.50. The molecule has 2 aromatic heterocycles. The van der Waals surface area contributed by atoms with Gasteiger partial charge in [-0.1, -0.05) is 18.2 Å². The van der Waals surface area contributed by atoms with Crippen molar-refractivity contribution in [1.29, 1.82) is 0 Å². The fourth-order valence-electron chi connectivity index (χ4n) is 2.44. The van der Waals surface area contributed by atoms with Crippen molar-refractivity contribution in [2.45, 2.75) is 18.9 Å². The highest BCUT2D eigenvalue weighted by Gasteiger charge is 2.24. The third-order valence-electron chi connectivity index (χ3n) is 3.65. The van der Waals surface area contributed by atoms with E-state index in [4.69, 9.17) is 8.83 Å². The molecule has 0 saturated heterocycles. The van der Waals surface area contributed by atoms with Gasteiger partial charge in [0.2, 0.25) is 0 Å². The number of nitrogens with one attached hydrogen (secondary N) is 1. The molecule has 0 radical (unpaired) electrons. The van der Waals surface area contributed by atoms with Crippen molar-refractivity contribution >= 4 is 16.9 Å². The van der Waals surface area contributed by atoms with Gasteiger partial charge >= 0.3 is 5.63 Å². The molecule has 2 N–H and O–H groups in total. The Morgan fingerprint density at radius 2 is 2.04 bits per heavy atom. The lowest BCUT2D eigenvalue weighted by Crippen LogP contribution is -2.43. The second-order valence-electron chi connectivity index (χ2n) is 5.92. The van der Waals surface area contributed by atoms with Crippen LogP contribution in [0.5, 0.6) is 0 Å². The maximum Gasteiger partial charge on any atom is 0.349 e. The van der Waals surface area contributed by atoms with Crippen LogP contribution >= 0.6 is 0 Å². The molecule has 0 saturated carbocycles. The minimum Gasteiger partial charge on any atom is -0.469 e. The van der Waals surface area contributed by atoms with Gasteiger partial charge in [-0.2, -0.15) is 0 Å². The van der Waals surface area contributed by atoms with Gasteiger partial charge in [0.1, 0.15) is 16.9 Å². The van der Waals surface area contributed by atoms with Crippen molar-refractivity contribution in [3.8, 4) is 0 Å². The molecule has 1 amide bonds. The summed E-state index contributed by atoms with van der Waals surface area (Å²) in [5.74, 6) is 0.0219. The van der Waals surface area contributed by atoms with Crippen molar-refractivity contribution in [2.24, 2.45) is 0 Å². The zero-order valence-corrected chi connectivity index (χ0v) is 13.1. The van der Waals surface area contributed by atoms with E-state index in [1.165, 1.54) is 12.3 Å². The first-order valence-electron chi connectivity index (χ1n) is 7.50. The first kappa shape index (κ1) is 16.0. The highest BCUT2D eigenvalue weighted by atomic mass is 16.4. The molecule has 0 spiro atoms. The Morgan fingerprint density at radius 1 is 1.25 bits per heavy atom. The molecule has 0 aliphatic heterocycles. The number of benzene rings is 1. The topological polar surface area (TPSA) is 92.7 Å². The van der Waals surface area contributed by atoms with Crippen LogP contribution in [0.2, 0.25) is 0 Å². The molecular formula is C18H17NO5. The minimum atomic E-state index is -1.20. The van der Waals surface area contributed by atoms with Gasteiger partial charge < -0.3 is 19.3 Å². The Bertz CT molecular complexity index is 909. The first-order chi connectivity index (χ1) is 11.4. The molecule has 2 heterocycles. The maximum absolute atomic E-state index is 12.3. The van der Waals surface area contributed by atoms with E-state index in [0.717, 1.165) is 0 Å². The SMILES string of the molecule is C[C@@](O)(CNC(=O)c1cc2ccccc2oc1=O)Cc1ccco1. The molecule has 0 aliphatic carbocycles. The predicted molar refractivity (Wildman–Crippen MR) is 87.9 cm³/mol. The number of rotatable bonds is 5. The van der Waals surface area contributed by atoms with E-state index < -0.39 is 17.1 Å². The van der Waals surface area contributed by atoms with Gasteiger partial charge in [0.15, 0.2) is 0 Å². The fourth-order valence-corrected chi connectivity index (χ4v) is 2.44. The lowest BCUT2D eigenvalue weighted by Gasteiger charge is -2.22. The molecule has 0 bridgehead atoms.